The fourth-order valence-corrected chi connectivity index (χ4v) is 3.37. The van der Waals surface area contributed by atoms with Crippen molar-refractivity contribution >= 4 is 11.8 Å². The summed E-state index contributed by atoms with van der Waals surface area (Å²) >= 11 is 0. The number of rotatable bonds is 2. The molecule has 2 aliphatic carbocycles. The molecule has 0 aromatic carbocycles. The minimum absolute atomic E-state index is 0.0789. The zero-order valence-electron chi connectivity index (χ0n) is 12.7. The maximum absolute atomic E-state index is 11.3. The van der Waals surface area contributed by atoms with Crippen LogP contribution >= 0.6 is 0 Å². The Bertz CT molecular complexity index is 289. The van der Waals surface area contributed by atoms with E-state index in [1.54, 1.807) is 0 Å². The van der Waals surface area contributed by atoms with Crippen molar-refractivity contribution in [3.63, 3.8) is 0 Å². The smallest absolute Gasteiger partial charge is 0.305 e. The number of ketones is 1. The average Bonchev–Trinajstić information content (AvgIpc) is 2.47. The Morgan fingerprint density at radius 2 is 1.68 bits per heavy atom. The minimum Gasteiger partial charge on any atom is -0.469 e. The first kappa shape index (κ1) is 16.2. The van der Waals surface area contributed by atoms with Gasteiger partial charge in [0.05, 0.1) is 7.11 Å². The third-order valence-corrected chi connectivity index (χ3v) is 4.72. The summed E-state index contributed by atoms with van der Waals surface area (Å²) < 4.78 is 4.72. The third-order valence-electron chi connectivity index (χ3n) is 4.72. The Morgan fingerprint density at radius 1 is 1.16 bits per heavy atom. The highest BCUT2D eigenvalue weighted by molar-refractivity contribution is 5.79. The summed E-state index contributed by atoms with van der Waals surface area (Å²) in [5.41, 5.74) is 0.431. The van der Waals surface area contributed by atoms with Crippen molar-refractivity contribution in [2.45, 2.75) is 71.6 Å². The second-order valence-corrected chi connectivity index (χ2v) is 5.76. The molecule has 3 heteroatoms. The number of methoxy groups -OCH3 is 1. The van der Waals surface area contributed by atoms with Gasteiger partial charge in [-0.2, -0.15) is 0 Å². The Labute approximate surface area is 117 Å². The Morgan fingerprint density at radius 3 is 2.16 bits per heavy atom. The summed E-state index contributed by atoms with van der Waals surface area (Å²) in [5.74, 6) is 0.864. The number of carbonyl (C=O) groups excluding carboxylic acids is 2. The van der Waals surface area contributed by atoms with Gasteiger partial charge in [0.25, 0.3) is 0 Å². The summed E-state index contributed by atoms with van der Waals surface area (Å²) in [5, 5.41) is 0. The lowest BCUT2D eigenvalue weighted by atomic mass is 9.63. The predicted octanol–water partition coefficient (Wildman–Crippen LogP) is 3.90. The fourth-order valence-electron chi connectivity index (χ4n) is 3.37. The number of hydrogen-bond donors (Lipinski definition) is 0. The zero-order valence-corrected chi connectivity index (χ0v) is 12.7. The molecule has 2 fully saturated rings. The van der Waals surface area contributed by atoms with Crippen molar-refractivity contribution in [2.75, 3.05) is 7.11 Å². The first-order valence-electron chi connectivity index (χ1n) is 7.72. The molecular formula is C16H28O3. The van der Waals surface area contributed by atoms with E-state index in [0.717, 1.165) is 38.5 Å². The van der Waals surface area contributed by atoms with Crippen LogP contribution in [-0.2, 0) is 14.3 Å². The van der Waals surface area contributed by atoms with Crippen molar-refractivity contribution in [1.82, 2.24) is 0 Å². The van der Waals surface area contributed by atoms with Crippen LogP contribution in [0.5, 0.6) is 0 Å². The maximum Gasteiger partial charge on any atom is 0.305 e. The van der Waals surface area contributed by atoms with Gasteiger partial charge in [0.15, 0.2) is 0 Å². The Kier molecular flexibility index (Phi) is 6.53. The second kappa shape index (κ2) is 7.66. The molecule has 0 amide bonds. The van der Waals surface area contributed by atoms with Crippen LogP contribution in [0.15, 0.2) is 0 Å². The van der Waals surface area contributed by atoms with Crippen molar-refractivity contribution in [3.8, 4) is 0 Å². The van der Waals surface area contributed by atoms with E-state index in [4.69, 9.17) is 4.74 Å². The van der Waals surface area contributed by atoms with Gasteiger partial charge in [0.1, 0.15) is 5.78 Å². The van der Waals surface area contributed by atoms with E-state index in [2.05, 4.69) is 0 Å². The van der Waals surface area contributed by atoms with Crippen LogP contribution in [0.1, 0.15) is 71.6 Å². The second-order valence-electron chi connectivity index (χ2n) is 5.76. The van der Waals surface area contributed by atoms with Crippen LogP contribution < -0.4 is 0 Å². The van der Waals surface area contributed by atoms with E-state index in [9.17, 15) is 9.59 Å². The molecule has 0 bridgehead atoms. The molecule has 2 rings (SSSR count). The van der Waals surface area contributed by atoms with Crippen molar-refractivity contribution < 1.29 is 14.3 Å². The van der Waals surface area contributed by atoms with Gasteiger partial charge in [-0.25, -0.2) is 0 Å². The van der Waals surface area contributed by atoms with Crippen molar-refractivity contribution in [3.05, 3.63) is 0 Å². The normalized spacial score (nSPS) is 22.6. The van der Waals surface area contributed by atoms with Crippen LogP contribution in [0.3, 0.4) is 0 Å². The molecule has 0 aromatic heterocycles. The lowest BCUT2D eigenvalue weighted by Gasteiger charge is -2.42. The van der Waals surface area contributed by atoms with Crippen LogP contribution in [0, 0.1) is 11.3 Å². The molecule has 2 saturated carbocycles. The fraction of sp³-hybridized carbons (Fsp3) is 0.875. The molecule has 1 spiro atoms. The molecule has 0 aliphatic heterocycles. The molecule has 0 saturated heterocycles. The van der Waals surface area contributed by atoms with E-state index < -0.39 is 0 Å². The highest BCUT2D eigenvalue weighted by Gasteiger charge is 2.38. The van der Waals surface area contributed by atoms with Gasteiger partial charge in [-0.05, 0) is 49.9 Å². The molecule has 110 valence electrons. The molecule has 0 atom stereocenters. The van der Waals surface area contributed by atoms with Gasteiger partial charge < -0.3 is 4.74 Å². The number of carbonyl (C=O) groups is 2. The monoisotopic (exact) mass is 268 g/mol. The van der Waals surface area contributed by atoms with Crippen molar-refractivity contribution in [2.24, 2.45) is 11.3 Å². The highest BCUT2D eigenvalue weighted by atomic mass is 16.5. The lowest BCUT2D eigenvalue weighted by molar-refractivity contribution is -0.142. The van der Waals surface area contributed by atoms with Crippen LogP contribution in [0.25, 0.3) is 0 Å². The van der Waals surface area contributed by atoms with Gasteiger partial charge in [-0.3, -0.25) is 9.59 Å². The quantitative estimate of drug-likeness (QED) is 0.713. The number of hydrogen-bond acceptors (Lipinski definition) is 3. The van der Waals surface area contributed by atoms with Gasteiger partial charge in [0, 0.05) is 19.3 Å². The van der Waals surface area contributed by atoms with Gasteiger partial charge in [-0.1, -0.05) is 13.8 Å². The highest BCUT2D eigenvalue weighted by Crippen LogP contribution is 2.48. The minimum atomic E-state index is -0.0789. The van der Waals surface area contributed by atoms with Gasteiger partial charge in [0.2, 0.25) is 0 Å². The molecule has 3 nitrogen and oxygen atoms in total. The molecule has 2 aliphatic rings. The van der Waals surface area contributed by atoms with E-state index >= 15 is 0 Å². The number of esters is 1. The van der Waals surface area contributed by atoms with Crippen LogP contribution in [0.2, 0.25) is 0 Å². The van der Waals surface area contributed by atoms with E-state index in [1.807, 2.05) is 13.8 Å². The largest absolute Gasteiger partial charge is 0.469 e. The topological polar surface area (TPSA) is 43.4 Å². The van der Waals surface area contributed by atoms with Crippen molar-refractivity contribution in [1.29, 1.82) is 0 Å². The zero-order chi connectivity index (χ0) is 14.3. The first-order valence-corrected chi connectivity index (χ1v) is 7.72. The lowest BCUT2D eigenvalue weighted by Crippen LogP contribution is -2.32. The molecule has 0 aromatic rings. The third kappa shape index (κ3) is 4.63. The molecule has 0 unspecified atom stereocenters. The van der Waals surface area contributed by atoms with E-state index in [0.29, 0.717) is 23.5 Å². The van der Waals surface area contributed by atoms with Gasteiger partial charge >= 0.3 is 5.97 Å². The van der Waals surface area contributed by atoms with E-state index in [-0.39, 0.29) is 5.97 Å². The van der Waals surface area contributed by atoms with Crippen LogP contribution in [-0.4, -0.2) is 18.9 Å². The molecule has 0 heterocycles. The summed E-state index contributed by atoms with van der Waals surface area (Å²) in [6.07, 6.45) is 8.94. The standard InChI is InChI=1S/C14H22O3.C2H6/c1-17-13(16)10-11-2-6-14(7-3-11)8-4-12(15)5-9-14;1-2/h11H,2-10H2,1H3;1-2H3. The van der Waals surface area contributed by atoms with Crippen LogP contribution in [0.4, 0.5) is 0 Å². The molecule has 19 heavy (non-hydrogen) atoms. The summed E-state index contributed by atoms with van der Waals surface area (Å²) in [6, 6.07) is 0. The molecule has 0 N–H and O–H groups in total. The molecular weight excluding hydrogens is 240 g/mol. The Balaban J connectivity index is 0.000000861. The first-order chi connectivity index (χ1) is 9.13. The number of Topliss-reactive ketones (excluding diaryl/α,β-unsaturated/α-hetero) is 1. The van der Waals surface area contributed by atoms with Gasteiger partial charge in [-0.15, -0.1) is 0 Å². The summed E-state index contributed by atoms with van der Waals surface area (Å²) in [6.45, 7) is 4.00. The van der Waals surface area contributed by atoms with E-state index in [1.165, 1.54) is 20.0 Å². The maximum atomic E-state index is 11.3. The Hall–Kier alpha value is -0.860. The summed E-state index contributed by atoms with van der Waals surface area (Å²) in [7, 11) is 1.46. The summed E-state index contributed by atoms with van der Waals surface area (Å²) in [4.78, 5) is 22.5. The molecule has 0 radical (unpaired) electrons. The average molecular weight is 268 g/mol. The SMILES string of the molecule is CC.COC(=O)CC1CCC2(CCC(=O)CC2)CC1. The number of ether oxygens (including phenoxy) is 1. The predicted molar refractivity (Wildman–Crippen MR) is 75.8 cm³/mol.